The molecular weight excluding hydrogens is 311 g/mol. The number of aromatic nitrogens is 2. The van der Waals surface area contributed by atoms with Gasteiger partial charge in [0.2, 0.25) is 5.91 Å². The Kier molecular flexibility index (Phi) is 6.97. The van der Waals surface area contributed by atoms with Gasteiger partial charge in [-0.2, -0.15) is 5.10 Å². The quantitative estimate of drug-likeness (QED) is 0.895. The fourth-order valence-corrected chi connectivity index (χ4v) is 3.30. The molecular formula is C14H24Cl2N4O. The molecule has 1 aromatic rings. The number of nitrogens with one attached hydrogen (secondary N) is 1. The van der Waals surface area contributed by atoms with Gasteiger partial charge >= 0.3 is 0 Å². The van der Waals surface area contributed by atoms with Crippen LogP contribution >= 0.6 is 24.8 Å². The Morgan fingerprint density at radius 2 is 2.00 bits per heavy atom. The third kappa shape index (κ3) is 3.90. The molecule has 1 aromatic heterocycles. The smallest absolute Gasteiger partial charge is 0.239 e. The van der Waals surface area contributed by atoms with Gasteiger partial charge in [0.15, 0.2) is 0 Å². The van der Waals surface area contributed by atoms with Crippen LogP contribution in [0.5, 0.6) is 0 Å². The van der Waals surface area contributed by atoms with E-state index in [4.69, 9.17) is 0 Å². The molecule has 120 valence electrons. The minimum atomic E-state index is 0. The summed E-state index contributed by atoms with van der Waals surface area (Å²) >= 11 is 0. The number of nitrogens with zero attached hydrogens (tertiary/aromatic N) is 3. The number of aryl methyl sites for hydroxylation is 1. The molecule has 0 spiro atoms. The van der Waals surface area contributed by atoms with Gasteiger partial charge in [0.05, 0.1) is 6.04 Å². The van der Waals surface area contributed by atoms with Crippen LogP contribution in [0.1, 0.15) is 37.3 Å². The van der Waals surface area contributed by atoms with E-state index in [1.54, 1.807) is 0 Å². The Labute approximate surface area is 138 Å². The molecule has 0 unspecified atom stereocenters. The standard InChI is InChI=1S/C14H22N4O.2ClH/c1-17-13(4-8-16-17)11-5-9-18(10-6-11)14(19)12-3-2-7-15-12;;/h4,8,11-12,15H,2-3,5-7,9-10H2,1H3;2*1H/t12-;;/m0../s1. The fourth-order valence-electron chi connectivity index (χ4n) is 3.30. The predicted octanol–water partition coefficient (Wildman–Crippen LogP) is 1.72. The first-order valence-corrected chi connectivity index (χ1v) is 7.26. The van der Waals surface area contributed by atoms with Gasteiger partial charge in [0.25, 0.3) is 0 Å². The van der Waals surface area contributed by atoms with E-state index in [1.807, 2.05) is 22.8 Å². The highest BCUT2D eigenvalue weighted by Gasteiger charge is 2.30. The largest absolute Gasteiger partial charge is 0.341 e. The lowest BCUT2D eigenvalue weighted by Gasteiger charge is -2.33. The molecule has 3 rings (SSSR count). The Morgan fingerprint density at radius 3 is 2.52 bits per heavy atom. The molecule has 1 amide bonds. The Balaban J connectivity index is 0.00000110. The lowest BCUT2D eigenvalue weighted by Crippen LogP contribution is -2.46. The highest BCUT2D eigenvalue weighted by molar-refractivity contribution is 5.85. The van der Waals surface area contributed by atoms with Gasteiger partial charge in [-0.1, -0.05) is 0 Å². The molecule has 0 aliphatic carbocycles. The number of rotatable bonds is 2. The van der Waals surface area contributed by atoms with Crippen molar-refractivity contribution in [2.45, 2.75) is 37.6 Å². The van der Waals surface area contributed by atoms with E-state index in [2.05, 4.69) is 16.5 Å². The normalized spacial score (nSPS) is 22.5. The zero-order valence-electron chi connectivity index (χ0n) is 12.3. The number of carbonyl (C=O) groups excluding carboxylic acids is 1. The van der Waals surface area contributed by atoms with Crippen LogP contribution in [0.25, 0.3) is 0 Å². The van der Waals surface area contributed by atoms with E-state index in [0.717, 1.165) is 45.3 Å². The minimum absolute atomic E-state index is 0. The molecule has 3 heterocycles. The third-order valence-electron chi connectivity index (χ3n) is 4.44. The summed E-state index contributed by atoms with van der Waals surface area (Å²) in [6, 6.07) is 2.17. The SMILES string of the molecule is Cl.Cl.Cn1nccc1C1CCN(C(=O)[C@@H]2CCCN2)CC1. The number of carbonyl (C=O) groups is 1. The van der Waals surface area contributed by atoms with Gasteiger partial charge in [-0.05, 0) is 38.3 Å². The summed E-state index contributed by atoms with van der Waals surface area (Å²) in [4.78, 5) is 14.3. The van der Waals surface area contributed by atoms with Crippen molar-refractivity contribution >= 4 is 30.7 Å². The number of hydrogen-bond donors (Lipinski definition) is 1. The van der Waals surface area contributed by atoms with Crippen LogP contribution in [-0.4, -0.2) is 46.3 Å². The molecule has 1 N–H and O–H groups in total. The van der Waals surface area contributed by atoms with Crippen LogP contribution in [0.4, 0.5) is 0 Å². The van der Waals surface area contributed by atoms with Gasteiger partial charge in [0, 0.05) is 37.9 Å². The van der Waals surface area contributed by atoms with Crippen LogP contribution in [0.3, 0.4) is 0 Å². The molecule has 7 heteroatoms. The molecule has 0 radical (unpaired) electrons. The monoisotopic (exact) mass is 334 g/mol. The van der Waals surface area contributed by atoms with Crippen molar-refractivity contribution in [3.8, 4) is 0 Å². The average molecular weight is 335 g/mol. The molecule has 0 aromatic carbocycles. The minimum Gasteiger partial charge on any atom is -0.341 e. The zero-order chi connectivity index (χ0) is 13.2. The molecule has 0 bridgehead atoms. The second kappa shape index (κ2) is 8.01. The van der Waals surface area contributed by atoms with Crippen LogP contribution < -0.4 is 5.32 Å². The second-order valence-corrected chi connectivity index (χ2v) is 5.63. The number of amides is 1. The Bertz CT molecular complexity index is 452. The highest BCUT2D eigenvalue weighted by atomic mass is 35.5. The van der Waals surface area contributed by atoms with Gasteiger partial charge in [-0.15, -0.1) is 24.8 Å². The van der Waals surface area contributed by atoms with Crippen LogP contribution in [-0.2, 0) is 11.8 Å². The second-order valence-electron chi connectivity index (χ2n) is 5.63. The van der Waals surface area contributed by atoms with E-state index < -0.39 is 0 Å². The van der Waals surface area contributed by atoms with Gasteiger partial charge in [0.1, 0.15) is 0 Å². The lowest BCUT2D eigenvalue weighted by molar-refractivity contribution is -0.134. The van der Waals surface area contributed by atoms with E-state index in [0.29, 0.717) is 11.8 Å². The maximum absolute atomic E-state index is 12.3. The summed E-state index contributed by atoms with van der Waals surface area (Å²) < 4.78 is 1.96. The molecule has 2 aliphatic heterocycles. The van der Waals surface area contributed by atoms with E-state index in [1.165, 1.54) is 5.69 Å². The zero-order valence-corrected chi connectivity index (χ0v) is 14.0. The van der Waals surface area contributed by atoms with Crippen molar-refractivity contribution in [3.63, 3.8) is 0 Å². The first-order chi connectivity index (χ1) is 9.25. The van der Waals surface area contributed by atoms with Crippen molar-refractivity contribution in [3.05, 3.63) is 18.0 Å². The Hall–Kier alpha value is -0.780. The maximum atomic E-state index is 12.3. The molecule has 2 aliphatic rings. The van der Waals surface area contributed by atoms with Crippen molar-refractivity contribution in [1.29, 1.82) is 0 Å². The van der Waals surface area contributed by atoms with Gasteiger partial charge < -0.3 is 10.2 Å². The average Bonchev–Trinajstić information content (AvgIpc) is 3.09. The summed E-state index contributed by atoms with van der Waals surface area (Å²) in [6.45, 7) is 2.75. The number of likely N-dealkylation sites (tertiary alicyclic amines) is 1. The summed E-state index contributed by atoms with van der Waals surface area (Å²) in [5.41, 5.74) is 1.30. The lowest BCUT2D eigenvalue weighted by atomic mass is 9.93. The number of piperidine rings is 1. The molecule has 2 fully saturated rings. The van der Waals surface area contributed by atoms with E-state index >= 15 is 0 Å². The predicted molar refractivity (Wildman–Crippen MR) is 87.3 cm³/mol. The number of hydrogen-bond acceptors (Lipinski definition) is 3. The summed E-state index contributed by atoms with van der Waals surface area (Å²) in [6.07, 6.45) is 6.09. The van der Waals surface area contributed by atoms with Crippen molar-refractivity contribution in [2.75, 3.05) is 19.6 Å². The topological polar surface area (TPSA) is 50.2 Å². The summed E-state index contributed by atoms with van der Waals surface area (Å²) in [5, 5.41) is 7.53. The molecule has 2 saturated heterocycles. The van der Waals surface area contributed by atoms with E-state index in [-0.39, 0.29) is 30.9 Å². The van der Waals surface area contributed by atoms with Crippen LogP contribution in [0, 0.1) is 0 Å². The van der Waals surface area contributed by atoms with Gasteiger partial charge in [-0.3, -0.25) is 9.48 Å². The molecule has 1 atom stereocenters. The van der Waals surface area contributed by atoms with Crippen molar-refractivity contribution < 1.29 is 4.79 Å². The summed E-state index contributed by atoms with van der Waals surface area (Å²) in [7, 11) is 2.00. The van der Waals surface area contributed by atoms with Crippen molar-refractivity contribution in [1.82, 2.24) is 20.0 Å². The molecule has 21 heavy (non-hydrogen) atoms. The summed E-state index contributed by atoms with van der Waals surface area (Å²) in [5.74, 6) is 0.856. The first kappa shape index (κ1) is 18.3. The third-order valence-corrected chi connectivity index (χ3v) is 4.44. The first-order valence-electron chi connectivity index (χ1n) is 7.26. The fraction of sp³-hybridized carbons (Fsp3) is 0.714. The maximum Gasteiger partial charge on any atom is 0.239 e. The highest BCUT2D eigenvalue weighted by Crippen LogP contribution is 2.28. The van der Waals surface area contributed by atoms with Gasteiger partial charge in [-0.25, -0.2) is 0 Å². The Morgan fingerprint density at radius 1 is 1.29 bits per heavy atom. The van der Waals surface area contributed by atoms with Crippen LogP contribution in [0.2, 0.25) is 0 Å². The van der Waals surface area contributed by atoms with Crippen molar-refractivity contribution in [2.24, 2.45) is 7.05 Å². The number of halogens is 2. The van der Waals surface area contributed by atoms with E-state index in [9.17, 15) is 4.79 Å². The molecule has 5 nitrogen and oxygen atoms in total. The van der Waals surface area contributed by atoms with Crippen LogP contribution in [0.15, 0.2) is 12.3 Å². The molecule has 0 saturated carbocycles.